The van der Waals surface area contributed by atoms with Crippen LogP contribution in [-0.2, 0) is 4.79 Å². The molecule has 9 nitrogen and oxygen atoms in total. The predicted octanol–water partition coefficient (Wildman–Crippen LogP) is 4.81. The number of aliphatic carboxylic acids is 1. The molecule has 4 aromatic rings. The van der Waals surface area contributed by atoms with Gasteiger partial charge in [0.15, 0.2) is 0 Å². The van der Waals surface area contributed by atoms with Gasteiger partial charge in [0.2, 0.25) is 5.95 Å². The fraction of sp³-hybridized carbons (Fsp3) is 0.379. The molecule has 2 aliphatic heterocycles. The number of ether oxygens (including phenoxy) is 1. The van der Waals surface area contributed by atoms with Crippen LogP contribution in [0, 0.1) is 23.6 Å². The first kappa shape index (κ1) is 25.8. The summed E-state index contributed by atoms with van der Waals surface area (Å²) >= 11 is 0. The number of rotatable bonds is 6. The van der Waals surface area contributed by atoms with E-state index in [9.17, 15) is 23.8 Å². The van der Waals surface area contributed by atoms with Crippen molar-refractivity contribution in [2.45, 2.75) is 38.0 Å². The zero-order valence-corrected chi connectivity index (χ0v) is 21.7. The first-order chi connectivity index (χ1) is 19.8. The average Bonchev–Trinajstić information content (AvgIpc) is 3.56. The summed E-state index contributed by atoms with van der Waals surface area (Å²) < 4.78 is 48.0. The third-order valence-electron chi connectivity index (χ3n) is 8.71. The molecular formula is C29H26F3N5O4. The monoisotopic (exact) mass is 565 g/mol. The molecule has 2 unspecified atom stereocenters. The average molecular weight is 566 g/mol. The molecule has 212 valence electrons. The molecule has 7 rings (SSSR count). The van der Waals surface area contributed by atoms with E-state index in [1.54, 1.807) is 28.8 Å². The first-order valence-electron chi connectivity index (χ1n) is 13.5. The highest BCUT2D eigenvalue weighted by atomic mass is 19.3. The Kier molecular flexibility index (Phi) is 6.11. The summed E-state index contributed by atoms with van der Waals surface area (Å²) in [6.45, 7) is -1.88. The molecule has 41 heavy (non-hydrogen) atoms. The molecule has 0 amide bonds. The second-order valence-corrected chi connectivity index (χ2v) is 11.0. The number of hydrogen-bond acceptors (Lipinski definition) is 7. The number of carbonyl (C=O) groups is 1. The number of piperidine rings is 1. The minimum Gasteiger partial charge on any atom is -0.481 e. The van der Waals surface area contributed by atoms with Crippen LogP contribution in [0.4, 0.5) is 19.1 Å². The highest BCUT2D eigenvalue weighted by molar-refractivity contribution is 5.83. The first-order valence-corrected chi connectivity index (χ1v) is 13.5. The fourth-order valence-electron chi connectivity index (χ4n) is 6.98. The molecule has 2 bridgehead atoms. The normalized spacial score (nSPS) is 25.2. The number of anilines is 1. The Bertz CT molecular complexity index is 1630. The van der Waals surface area contributed by atoms with Gasteiger partial charge in [0, 0.05) is 54.7 Å². The number of aliphatic hydroxyl groups excluding tert-OH is 1. The van der Waals surface area contributed by atoms with Gasteiger partial charge < -0.3 is 24.4 Å². The van der Waals surface area contributed by atoms with Crippen molar-refractivity contribution in [3.63, 3.8) is 0 Å². The van der Waals surface area contributed by atoms with E-state index in [1.807, 2.05) is 4.90 Å². The second kappa shape index (κ2) is 9.72. The lowest BCUT2D eigenvalue weighted by molar-refractivity contribution is -0.144. The molecule has 1 saturated carbocycles. The number of hydrogen-bond donors (Lipinski definition) is 2. The highest BCUT2D eigenvalue weighted by Gasteiger charge is 2.46. The van der Waals surface area contributed by atoms with E-state index in [-0.39, 0.29) is 35.5 Å². The van der Waals surface area contributed by atoms with Gasteiger partial charge in [-0.2, -0.15) is 8.78 Å². The molecule has 4 heterocycles. The molecular weight excluding hydrogens is 539 g/mol. The van der Waals surface area contributed by atoms with Crippen LogP contribution in [0.1, 0.15) is 42.8 Å². The van der Waals surface area contributed by atoms with Crippen LogP contribution in [0.25, 0.3) is 22.2 Å². The van der Waals surface area contributed by atoms with E-state index >= 15 is 4.39 Å². The van der Waals surface area contributed by atoms with Gasteiger partial charge >= 0.3 is 12.6 Å². The van der Waals surface area contributed by atoms with Gasteiger partial charge in [0.25, 0.3) is 0 Å². The van der Waals surface area contributed by atoms with Crippen LogP contribution in [0.2, 0.25) is 0 Å². The number of nitrogens with zero attached hydrogens (tertiary/aromatic N) is 5. The van der Waals surface area contributed by atoms with Crippen molar-refractivity contribution in [1.82, 2.24) is 19.5 Å². The predicted molar refractivity (Wildman–Crippen MR) is 141 cm³/mol. The number of carboxylic acids is 1. The summed E-state index contributed by atoms with van der Waals surface area (Å²) in [5.74, 6) is -0.722. The smallest absolute Gasteiger partial charge is 0.387 e. The van der Waals surface area contributed by atoms with E-state index in [4.69, 9.17) is 4.74 Å². The lowest BCUT2D eigenvalue weighted by Crippen LogP contribution is -2.45. The van der Waals surface area contributed by atoms with Crippen LogP contribution >= 0.6 is 0 Å². The van der Waals surface area contributed by atoms with Crippen LogP contribution in [0.3, 0.4) is 0 Å². The topological polar surface area (TPSA) is 114 Å². The second-order valence-electron chi connectivity index (χ2n) is 11.0. The van der Waals surface area contributed by atoms with Gasteiger partial charge in [-0.05, 0) is 36.8 Å². The van der Waals surface area contributed by atoms with Crippen LogP contribution in [0.15, 0.2) is 48.8 Å². The van der Waals surface area contributed by atoms with Gasteiger partial charge in [0.1, 0.15) is 23.5 Å². The lowest BCUT2D eigenvalue weighted by atomic mass is 9.85. The van der Waals surface area contributed by atoms with E-state index in [0.29, 0.717) is 47.0 Å². The van der Waals surface area contributed by atoms with E-state index < -0.39 is 30.5 Å². The van der Waals surface area contributed by atoms with Gasteiger partial charge in [-0.1, -0.05) is 18.2 Å². The standard InChI is InChI=1S/C29H26F3N5O4/c30-19-8-20-22(37-21(9-23(38)26(37)35-20)17-3-1-2-4-24(17)41-28(31)32)7-18(19)16-10-33-29(34-11-16)36-12-14-5-6-15(13-36)25(14)27(39)40/h1-4,7-8,10-11,14-15,21,23,25,28,38H,5-6,9,12-13H2,(H,39,40)/t14?,15?,21-,23-,25?/m1/s1. The Balaban J connectivity index is 1.22. The number of carboxylic acid groups (broad SMARTS) is 1. The van der Waals surface area contributed by atoms with Crippen molar-refractivity contribution >= 4 is 23.0 Å². The number of benzene rings is 2. The molecule has 1 saturated heterocycles. The summed E-state index contributed by atoms with van der Waals surface area (Å²) in [5, 5.41) is 20.3. The molecule has 2 aromatic carbocycles. The molecule has 2 aromatic heterocycles. The van der Waals surface area contributed by atoms with Gasteiger partial charge in [-0.25, -0.2) is 19.3 Å². The number of fused-ring (bicyclic) bond motifs is 5. The molecule has 1 aliphatic carbocycles. The molecule has 4 atom stereocenters. The van der Waals surface area contributed by atoms with Crippen molar-refractivity contribution in [2.75, 3.05) is 18.0 Å². The fourth-order valence-corrected chi connectivity index (χ4v) is 6.98. The van der Waals surface area contributed by atoms with E-state index in [0.717, 1.165) is 12.8 Å². The number of aliphatic hydroxyl groups is 1. The summed E-state index contributed by atoms with van der Waals surface area (Å²) in [6, 6.07) is 8.75. The summed E-state index contributed by atoms with van der Waals surface area (Å²) in [5.41, 5.74) is 1.98. The zero-order chi connectivity index (χ0) is 28.4. The molecule has 0 spiro atoms. The Morgan fingerprint density at radius 3 is 2.46 bits per heavy atom. The lowest BCUT2D eigenvalue weighted by Gasteiger charge is -2.35. The molecule has 3 aliphatic rings. The van der Waals surface area contributed by atoms with Crippen LogP contribution < -0.4 is 9.64 Å². The van der Waals surface area contributed by atoms with E-state index in [1.165, 1.54) is 24.5 Å². The van der Waals surface area contributed by atoms with Crippen molar-refractivity contribution in [3.8, 4) is 16.9 Å². The summed E-state index contributed by atoms with van der Waals surface area (Å²) in [6.07, 6.45) is 4.04. The summed E-state index contributed by atoms with van der Waals surface area (Å²) in [7, 11) is 0. The zero-order valence-electron chi connectivity index (χ0n) is 21.7. The van der Waals surface area contributed by atoms with Crippen LogP contribution in [0.5, 0.6) is 5.75 Å². The highest BCUT2D eigenvalue weighted by Crippen LogP contribution is 2.45. The molecule has 2 N–H and O–H groups in total. The number of imidazole rings is 1. The third kappa shape index (κ3) is 4.28. The largest absolute Gasteiger partial charge is 0.481 e. The maximum atomic E-state index is 15.3. The Morgan fingerprint density at radius 2 is 1.78 bits per heavy atom. The van der Waals surface area contributed by atoms with Crippen LogP contribution in [-0.4, -0.2) is 55.4 Å². The molecule has 2 fully saturated rings. The van der Waals surface area contributed by atoms with Crippen molar-refractivity contribution < 1.29 is 32.9 Å². The van der Waals surface area contributed by atoms with Gasteiger partial charge in [-0.3, -0.25) is 4.79 Å². The SMILES string of the molecule is O=C(O)C1C2CCC1CN(c1ncc(-c3cc4c(cc3F)nc3n4[C@@H](c4ccccc4OC(F)F)C[C@H]3O)cn1)C2. The summed E-state index contributed by atoms with van der Waals surface area (Å²) in [4.78, 5) is 27.1. The quantitative estimate of drug-likeness (QED) is 0.343. The van der Waals surface area contributed by atoms with Crippen molar-refractivity contribution in [1.29, 1.82) is 0 Å². The van der Waals surface area contributed by atoms with Crippen molar-refractivity contribution in [2.24, 2.45) is 17.8 Å². The van der Waals surface area contributed by atoms with Crippen molar-refractivity contribution in [3.05, 3.63) is 66.0 Å². The van der Waals surface area contributed by atoms with Gasteiger partial charge in [0.05, 0.1) is 23.0 Å². The number of aromatic nitrogens is 4. The molecule has 0 radical (unpaired) electrons. The Labute approximate surface area is 232 Å². The number of halogens is 3. The minimum atomic E-state index is -3.01. The number of alkyl halides is 2. The van der Waals surface area contributed by atoms with E-state index in [2.05, 4.69) is 15.0 Å². The van der Waals surface area contributed by atoms with Gasteiger partial charge in [-0.15, -0.1) is 0 Å². The third-order valence-corrected chi connectivity index (χ3v) is 8.71. The maximum absolute atomic E-state index is 15.3. The number of para-hydroxylation sites is 1. The maximum Gasteiger partial charge on any atom is 0.387 e. The Hall–Kier alpha value is -4.19. The minimum absolute atomic E-state index is 0.00143. The Morgan fingerprint density at radius 1 is 1.07 bits per heavy atom. The molecule has 12 heteroatoms.